The van der Waals surface area contributed by atoms with Gasteiger partial charge < -0.3 is 0 Å². The smallest absolute Gasteiger partial charge is 0.232 e. The van der Waals surface area contributed by atoms with Gasteiger partial charge in [0.1, 0.15) is 0 Å². The average molecular weight is 383 g/mol. The maximum Gasteiger partial charge on any atom is 0.232 e. The van der Waals surface area contributed by atoms with Crippen LogP contribution in [0.3, 0.4) is 0 Å². The SMILES string of the molecule is CS(=O)(=O)N(CCNS(=O)(=O)CCc1ccccc1)c1ccccc1. The number of benzene rings is 2. The fourth-order valence-corrected chi connectivity index (χ4v) is 4.33. The van der Waals surface area contributed by atoms with Crippen LogP contribution in [0, 0.1) is 0 Å². The Morgan fingerprint density at radius 3 is 2.00 bits per heavy atom. The lowest BCUT2D eigenvalue weighted by molar-refractivity contribution is 0.577. The van der Waals surface area contributed by atoms with Gasteiger partial charge in [0.25, 0.3) is 0 Å². The first kappa shape index (κ1) is 19.4. The molecule has 0 radical (unpaired) electrons. The van der Waals surface area contributed by atoms with Crippen molar-refractivity contribution >= 4 is 25.7 Å². The van der Waals surface area contributed by atoms with Crippen LogP contribution in [0.1, 0.15) is 5.56 Å². The number of nitrogens with one attached hydrogen (secondary N) is 1. The molecule has 0 saturated heterocycles. The number of hydrogen-bond donors (Lipinski definition) is 1. The van der Waals surface area contributed by atoms with E-state index in [1.807, 2.05) is 30.3 Å². The summed E-state index contributed by atoms with van der Waals surface area (Å²) in [6.45, 7) is 0.0481. The van der Waals surface area contributed by atoms with Gasteiger partial charge >= 0.3 is 0 Å². The Bertz CT molecular complexity index is 867. The second-order valence-electron chi connectivity index (χ2n) is 5.62. The van der Waals surface area contributed by atoms with Crippen molar-refractivity contribution < 1.29 is 16.8 Å². The number of aryl methyl sites for hydroxylation is 1. The van der Waals surface area contributed by atoms with E-state index in [4.69, 9.17) is 0 Å². The molecule has 0 aliphatic heterocycles. The Balaban J connectivity index is 1.92. The van der Waals surface area contributed by atoms with Crippen molar-refractivity contribution in [2.75, 3.05) is 29.4 Å². The first-order chi connectivity index (χ1) is 11.8. The summed E-state index contributed by atoms with van der Waals surface area (Å²) in [7, 11) is -6.97. The molecular formula is C17H22N2O4S2. The summed E-state index contributed by atoms with van der Waals surface area (Å²) in [6, 6.07) is 17.9. The van der Waals surface area contributed by atoms with Crippen molar-refractivity contribution in [3.63, 3.8) is 0 Å². The Morgan fingerprint density at radius 1 is 0.880 bits per heavy atom. The molecular weight excluding hydrogens is 360 g/mol. The van der Waals surface area contributed by atoms with Crippen molar-refractivity contribution in [3.05, 3.63) is 66.2 Å². The largest absolute Gasteiger partial charge is 0.269 e. The molecule has 25 heavy (non-hydrogen) atoms. The number of sulfonamides is 2. The van der Waals surface area contributed by atoms with Gasteiger partial charge in [0.15, 0.2) is 0 Å². The second kappa shape index (κ2) is 8.46. The molecule has 2 aromatic rings. The molecule has 0 bridgehead atoms. The van der Waals surface area contributed by atoms with E-state index in [0.717, 1.165) is 11.8 Å². The van der Waals surface area contributed by atoms with E-state index in [9.17, 15) is 16.8 Å². The zero-order valence-electron chi connectivity index (χ0n) is 14.0. The first-order valence-electron chi connectivity index (χ1n) is 7.82. The Morgan fingerprint density at radius 2 is 1.44 bits per heavy atom. The summed E-state index contributed by atoms with van der Waals surface area (Å²) >= 11 is 0. The predicted molar refractivity (Wildman–Crippen MR) is 101 cm³/mol. The van der Waals surface area contributed by atoms with E-state index in [1.165, 1.54) is 4.31 Å². The van der Waals surface area contributed by atoms with E-state index in [0.29, 0.717) is 12.1 Å². The zero-order chi connectivity index (χ0) is 18.3. The Hall–Kier alpha value is -1.90. The number of anilines is 1. The minimum absolute atomic E-state index is 0.0130. The molecule has 1 N–H and O–H groups in total. The van der Waals surface area contributed by atoms with Gasteiger partial charge in [0.2, 0.25) is 20.0 Å². The lowest BCUT2D eigenvalue weighted by atomic mass is 10.2. The van der Waals surface area contributed by atoms with Crippen LogP contribution >= 0.6 is 0 Å². The van der Waals surface area contributed by atoms with Gasteiger partial charge in [-0.3, -0.25) is 4.31 Å². The lowest BCUT2D eigenvalue weighted by Gasteiger charge is -2.22. The molecule has 0 amide bonds. The highest BCUT2D eigenvalue weighted by Gasteiger charge is 2.18. The summed E-state index contributed by atoms with van der Waals surface area (Å²) in [5.41, 5.74) is 1.45. The van der Waals surface area contributed by atoms with E-state index in [1.54, 1.807) is 30.3 Å². The summed E-state index contributed by atoms with van der Waals surface area (Å²) in [5.74, 6) is -0.0405. The fraction of sp³-hybridized carbons (Fsp3) is 0.294. The molecule has 0 fully saturated rings. The number of para-hydroxylation sites is 1. The molecule has 136 valence electrons. The molecule has 0 heterocycles. The lowest BCUT2D eigenvalue weighted by Crippen LogP contribution is -2.39. The number of hydrogen-bond acceptors (Lipinski definition) is 4. The summed E-state index contributed by atoms with van der Waals surface area (Å²) in [4.78, 5) is 0. The van der Waals surface area contributed by atoms with Crippen molar-refractivity contribution in [3.8, 4) is 0 Å². The van der Waals surface area contributed by atoms with Gasteiger partial charge in [0, 0.05) is 13.1 Å². The molecule has 0 spiro atoms. The number of nitrogens with zero attached hydrogens (tertiary/aromatic N) is 1. The molecule has 0 aromatic heterocycles. The summed E-state index contributed by atoms with van der Waals surface area (Å²) in [6.07, 6.45) is 1.51. The standard InChI is InChI=1S/C17H22N2O4S2/c1-24(20,21)19(17-10-6-3-7-11-17)14-13-18-25(22,23)15-12-16-8-4-2-5-9-16/h2-11,18H,12-15H2,1H3. The Labute approximate surface area is 149 Å². The second-order valence-corrected chi connectivity index (χ2v) is 9.45. The van der Waals surface area contributed by atoms with E-state index >= 15 is 0 Å². The molecule has 6 nitrogen and oxygen atoms in total. The molecule has 0 aliphatic rings. The zero-order valence-corrected chi connectivity index (χ0v) is 15.6. The normalized spacial score (nSPS) is 12.0. The van der Waals surface area contributed by atoms with Gasteiger partial charge in [-0.2, -0.15) is 0 Å². The molecule has 0 unspecified atom stereocenters. The third kappa shape index (κ3) is 6.49. The Kier molecular flexibility index (Phi) is 6.57. The van der Waals surface area contributed by atoms with Crippen LogP contribution in [-0.2, 0) is 26.5 Å². The molecule has 2 aromatic carbocycles. The minimum atomic E-state index is -3.49. The van der Waals surface area contributed by atoms with Crippen LogP contribution < -0.4 is 9.03 Å². The van der Waals surface area contributed by atoms with Gasteiger partial charge in [-0.25, -0.2) is 21.6 Å². The highest BCUT2D eigenvalue weighted by molar-refractivity contribution is 7.92. The first-order valence-corrected chi connectivity index (χ1v) is 11.3. The quantitative estimate of drug-likeness (QED) is 0.714. The van der Waals surface area contributed by atoms with Crippen molar-refractivity contribution in [1.82, 2.24) is 4.72 Å². The van der Waals surface area contributed by atoms with Crippen LogP contribution in [0.4, 0.5) is 5.69 Å². The van der Waals surface area contributed by atoms with Crippen LogP contribution in [0.25, 0.3) is 0 Å². The molecule has 8 heteroatoms. The van der Waals surface area contributed by atoms with E-state index < -0.39 is 20.0 Å². The predicted octanol–water partition coefficient (Wildman–Crippen LogP) is 1.61. The van der Waals surface area contributed by atoms with Crippen LogP contribution in [-0.4, -0.2) is 41.9 Å². The van der Waals surface area contributed by atoms with E-state index in [2.05, 4.69) is 4.72 Å². The van der Waals surface area contributed by atoms with Gasteiger partial charge in [-0.05, 0) is 24.1 Å². The fourth-order valence-electron chi connectivity index (χ4n) is 2.35. The van der Waals surface area contributed by atoms with Crippen molar-refractivity contribution in [1.29, 1.82) is 0 Å². The molecule has 0 saturated carbocycles. The topological polar surface area (TPSA) is 83.6 Å². The van der Waals surface area contributed by atoms with Gasteiger partial charge in [0.05, 0.1) is 17.7 Å². The third-order valence-electron chi connectivity index (χ3n) is 3.58. The van der Waals surface area contributed by atoms with Gasteiger partial charge in [-0.15, -0.1) is 0 Å². The monoisotopic (exact) mass is 382 g/mol. The summed E-state index contributed by atoms with van der Waals surface area (Å²) in [5, 5.41) is 0. The highest BCUT2D eigenvalue weighted by Crippen LogP contribution is 2.15. The third-order valence-corrected chi connectivity index (χ3v) is 6.16. The van der Waals surface area contributed by atoms with Crippen LogP contribution in [0.2, 0.25) is 0 Å². The van der Waals surface area contributed by atoms with Gasteiger partial charge in [-0.1, -0.05) is 48.5 Å². The molecule has 0 aliphatic carbocycles. The maximum atomic E-state index is 12.1. The molecule has 0 atom stereocenters. The summed E-state index contributed by atoms with van der Waals surface area (Å²) < 4.78 is 51.7. The maximum absolute atomic E-state index is 12.1. The highest BCUT2D eigenvalue weighted by atomic mass is 32.2. The van der Waals surface area contributed by atoms with Crippen molar-refractivity contribution in [2.45, 2.75) is 6.42 Å². The molecule has 2 rings (SSSR count). The van der Waals surface area contributed by atoms with Crippen LogP contribution in [0.5, 0.6) is 0 Å². The number of rotatable bonds is 9. The van der Waals surface area contributed by atoms with E-state index in [-0.39, 0.29) is 18.8 Å². The van der Waals surface area contributed by atoms with Crippen LogP contribution in [0.15, 0.2) is 60.7 Å². The minimum Gasteiger partial charge on any atom is -0.269 e. The average Bonchev–Trinajstić information content (AvgIpc) is 2.58. The van der Waals surface area contributed by atoms with Crippen molar-refractivity contribution in [2.24, 2.45) is 0 Å².